The van der Waals surface area contributed by atoms with Crippen LogP contribution in [0.15, 0.2) is 0 Å². The molecule has 0 saturated carbocycles. The van der Waals surface area contributed by atoms with Gasteiger partial charge in [0.15, 0.2) is 0 Å². The maximum absolute atomic E-state index is 11.5. The number of rotatable bonds is 2. The Balaban J connectivity index is 2.66. The quantitative estimate of drug-likeness (QED) is 0.525. The third kappa shape index (κ3) is 2.56. The van der Waals surface area contributed by atoms with Crippen molar-refractivity contribution in [2.75, 3.05) is 20.2 Å². The van der Waals surface area contributed by atoms with Gasteiger partial charge in [-0.2, -0.15) is 0 Å². The van der Waals surface area contributed by atoms with Gasteiger partial charge in [0.05, 0.1) is 18.6 Å². The molecule has 1 aliphatic heterocycles. The van der Waals surface area contributed by atoms with Crippen LogP contribution in [0.1, 0.15) is 27.2 Å². The third-order valence-corrected chi connectivity index (χ3v) is 3.55. The van der Waals surface area contributed by atoms with Crippen molar-refractivity contribution in [3.05, 3.63) is 0 Å². The topological polar surface area (TPSA) is 29.5 Å². The van der Waals surface area contributed by atoms with E-state index < -0.39 is 0 Å². The Labute approximate surface area is 98.1 Å². The van der Waals surface area contributed by atoms with Gasteiger partial charge in [-0.25, -0.2) is 0 Å². The Morgan fingerprint density at radius 2 is 2.19 bits per heavy atom. The number of hydrogen-bond donors (Lipinski definition) is 0. The van der Waals surface area contributed by atoms with Crippen LogP contribution in [0.3, 0.4) is 0 Å². The van der Waals surface area contributed by atoms with Gasteiger partial charge >= 0.3 is 5.97 Å². The van der Waals surface area contributed by atoms with E-state index in [2.05, 4.69) is 17.7 Å². The molecule has 3 heteroatoms. The van der Waals surface area contributed by atoms with Gasteiger partial charge in [0.2, 0.25) is 0 Å². The molecular weight excluding hydrogens is 202 g/mol. The van der Waals surface area contributed by atoms with E-state index in [1.807, 2.05) is 13.8 Å². The number of methoxy groups -OCH3 is 1. The summed E-state index contributed by atoms with van der Waals surface area (Å²) in [6, 6.07) is 0. The average molecular weight is 223 g/mol. The number of piperidine rings is 1. The zero-order chi connectivity index (χ0) is 12.3. The van der Waals surface area contributed by atoms with Crippen molar-refractivity contribution in [3.8, 4) is 12.3 Å². The fraction of sp³-hybridized carbons (Fsp3) is 0.769. The second-order valence-corrected chi connectivity index (χ2v) is 5.04. The van der Waals surface area contributed by atoms with Crippen LogP contribution in [-0.4, -0.2) is 36.6 Å². The van der Waals surface area contributed by atoms with Crippen LogP contribution < -0.4 is 0 Å². The number of terminal acetylenes is 1. The molecule has 0 aromatic carbocycles. The van der Waals surface area contributed by atoms with E-state index in [1.54, 1.807) is 0 Å². The van der Waals surface area contributed by atoms with Crippen molar-refractivity contribution in [1.29, 1.82) is 0 Å². The third-order valence-electron chi connectivity index (χ3n) is 3.55. The summed E-state index contributed by atoms with van der Waals surface area (Å²) in [5.74, 6) is 3.03. The Hall–Kier alpha value is -1.01. The molecule has 0 aliphatic carbocycles. The van der Waals surface area contributed by atoms with Crippen LogP contribution in [0.2, 0.25) is 0 Å². The fourth-order valence-corrected chi connectivity index (χ4v) is 2.25. The van der Waals surface area contributed by atoms with Crippen LogP contribution in [0.25, 0.3) is 0 Å². The predicted octanol–water partition coefficient (Wildman–Crippen LogP) is 1.53. The molecule has 1 fully saturated rings. The van der Waals surface area contributed by atoms with Gasteiger partial charge in [-0.1, -0.05) is 12.8 Å². The lowest BCUT2D eigenvalue weighted by Gasteiger charge is -2.42. The van der Waals surface area contributed by atoms with Crippen molar-refractivity contribution < 1.29 is 9.53 Å². The highest BCUT2D eigenvalue weighted by Crippen LogP contribution is 2.28. The Morgan fingerprint density at radius 3 is 2.62 bits per heavy atom. The van der Waals surface area contributed by atoms with Gasteiger partial charge in [0, 0.05) is 13.1 Å². The molecule has 0 amide bonds. The molecule has 0 aromatic heterocycles. The van der Waals surface area contributed by atoms with Crippen molar-refractivity contribution in [2.24, 2.45) is 11.8 Å². The zero-order valence-corrected chi connectivity index (χ0v) is 10.6. The largest absolute Gasteiger partial charge is 0.469 e. The first-order valence-electron chi connectivity index (χ1n) is 5.73. The summed E-state index contributed by atoms with van der Waals surface area (Å²) >= 11 is 0. The van der Waals surface area contributed by atoms with Gasteiger partial charge in [0.1, 0.15) is 0 Å². The molecule has 0 radical (unpaired) electrons. The Morgan fingerprint density at radius 1 is 1.56 bits per heavy atom. The summed E-state index contributed by atoms with van der Waals surface area (Å²) in [4.78, 5) is 13.8. The Bertz CT molecular complexity index is 304. The minimum atomic E-state index is -0.227. The smallest absolute Gasteiger partial charge is 0.309 e. The number of hydrogen-bond acceptors (Lipinski definition) is 3. The van der Waals surface area contributed by atoms with Crippen LogP contribution in [-0.2, 0) is 9.53 Å². The van der Waals surface area contributed by atoms with Gasteiger partial charge in [-0.05, 0) is 26.2 Å². The van der Waals surface area contributed by atoms with Gasteiger partial charge in [-0.3, -0.25) is 9.69 Å². The first-order chi connectivity index (χ1) is 7.42. The minimum absolute atomic E-state index is 0.0230. The minimum Gasteiger partial charge on any atom is -0.469 e. The van der Waals surface area contributed by atoms with E-state index in [4.69, 9.17) is 11.2 Å². The van der Waals surface area contributed by atoms with E-state index in [0.29, 0.717) is 5.92 Å². The van der Waals surface area contributed by atoms with Crippen LogP contribution in [0.5, 0.6) is 0 Å². The number of esters is 1. The lowest BCUT2D eigenvalue weighted by molar-refractivity contribution is -0.149. The van der Waals surface area contributed by atoms with E-state index >= 15 is 0 Å². The number of carbonyl (C=O) groups is 1. The molecule has 0 N–H and O–H groups in total. The molecule has 1 rings (SSSR count). The van der Waals surface area contributed by atoms with E-state index in [0.717, 1.165) is 19.5 Å². The number of nitrogens with zero attached hydrogens (tertiary/aromatic N) is 1. The molecule has 16 heavy (non-hydrogen) atoms. The molecular formula is C13H21NO2. The molecule has 1 aliphatic rings. The summed E-state index contributed by atoms with van der Waals surface area (Å²) < 4.78 is 4.81. The normalized spacial score (nSPS) is 27.2. The predicted molar refractivity (Wildman–Crippen MR) is 63.8 cm³/mol. The SMILES string of the molecule is C#CC(C)(C)N1CC[C@H](C(=O)OC)[C@H](C)C1. The summed E-state index contributed by atoms with van der Waals surface area (Å²) in [5.41, 5.74) is -0.227. The molecule has 0 aromatic rings. The summed E-state index contributed by atoms with van der Waals surface area (Å²) in [7, 11) is 1.45. The standard InChI is InChI=1S/C13H21NO2/c1-6-13(3,4)14-8-7-11(10(2)9-14)12(15)16-5/h1,10-11H,7-9H2,2-5H3/t10-,11+/m1/s1. The zero-order valence-electron chi connectivity index (χ0n) is 10.6. The van der Waals surface area contributed by atoms with Crippen molar-refractivity contribution in [3.63, 3.8) is 0 Å². The van der Waals surface area contributed by atoms with E-state index in [1.165, 1.54) is 7.11 Å². The maximum atomic E-state index is 11.5. The van der Waals surface area contributed by atoms with Crippen LogP contribution >= 0.6 is 0 Å². The number of ether oxygens (including phenoxy) is 1. The molecule has 0 spiro atoms. The fourth-order valence-electron chi connectivity index (χ4n) is 2.25. The van der Waals surface area contributed by atoms with Crippen LogP contribution in [0, 0.1) is 24.2 Å². The molecule has 90 valence electrons. The molecule has 3 nitrogen and oxygen atoms in total. The monoisotopic (exact) mass is 223 g/mol. The molecule has 0 bridgehead atoms. The van der Waals surface area contributed by atoms with Crippen molar-refractivity contribution >= 4 is 5.97 Å². The highest BCUT2D eigenvalue weighted by Gasteiger charge is 2.36. The average Bonchev–Trinajstić information content (AvgIpc) is 2.28. The van der Waals surface area contributed by atoms with Crippen LogP contribution in [0.4, 0.5) is 0 Å². The van der Waals surface area contributed by atoms with Crippen molar-refractivity contribution in [2.45, 2.75) is 32.7 Å². The number of likely N-dealkylation sites (tertiary alicyclic amines) is 1. The lowest BCUT2D eigenvalue weighted by atomic mass is 9.84. The van der Waals surface area contributed by atoms with Gasteiger partial charge in [0.25, 0.3) is 0 Å². The first kappa shape index (κ1) is 13.1. The first-order valence-corrected chi connectivity index (χ1v) is 5.73. The molecule has 1 saturated heterocycles. The highest BCUT2D eigenvalue weighted by molar-refractivity contribution is 5.72. The summed E-state index contributed by atoms with van der Waals surface area (Å²) in [6.07, 6.45) is 6.35. The Kier molecular flexibility index (Phi) is 3.98. The highest BCUT2D eigenvalue weighted by atomic mass is 16.5. The van der Waals surface area contributed by atoms with Crippen molar-refractivity contribution in [1.82, 2.24) is 4.90 Å². The maximum Gasteiger partial charge on any atom is 0.309 e. The second-order valence-electron chi connectivity index (χ2n) is 5.04. The van der Waals surface area contributed by atoms with E-state index in [-0.39, 0.29) is 17.4 Å². The second kappa shape index (κ2) is 4.88. The lowest BCUT2D eigenvalue weighted by Crippen LogP contribution is -2.51. The van der Waals surface area contributed by atoms with E-state index in [9.17, 15) is 4.79 Å². The molecule has 0 unspecified atom stereocenters. The molecule has 1 heterocycles. The van der Waals surface area contributed by atoms with Gasteiger partial charge < -0.3 is 4.74 Å². The summed E-state index contributed by atoms with van der Waals surface area (Å²) in [6.45, 7) is 7.88. The summed E-state index contributed by atoms with van der Waals surface area (Å²) in [5, 5.41) is 0. The molecule has 2 atom stereocenters. The number of carbonyl (C=O) groups excluding carboxylic acids is 1. The van der Waals surface area contributed by atoms with Gasteiger partial charge in [-0.15, -0.1) is 6.42 Å².